The van der Waals surface area contributed by atoms with Gasteiger partial charge in [0.1, 0.15) is 11.8 Å². The van der Waals surface area contributed by atoms with Crippen molar-refractivity contribution in [3.8, 4) is 5.75 Å². The number of amides is 1. The summed E-state index contributed by atoms with van der Waals surface area (Å²) in [4.78, 5) is 22.3. The number of carbonyl (C=O) groups is 2. The number of aliphatic hydroxyl groups is 1. The van der Waals surface area contributed by atoms with Crippen molar-refractivity contribution in [2.75, 3.05) is 6.61 Å². The molecule has 7 heteroatoms. The quantitative estimate of drug-likeness (QED) is 0.441. The molecule has 0 heterocycles. The van der Waals surface area contributed by atoms with Crippen LogP contribution in [0.2, 0.25) is 0 Å². The van der Waals surface area contributed by atoms with Crippen LogP contribution in [0.3, 0.4) is 0 Å². The topological polar surface area (TPSA) is 133 Å². The van der Waals surface area contributed by atoms with Crippen molar-refractivity contribution in [1.29, 1.82) is 0 Å². The van der Waals surface area contributed by atoms with Crippen molar-refractivity contribution >= 4 is 11.9 Å². The fraction of sp³-hybridized carbons (Fsp3) is 0.333. The molecular formula is C12H16N2O5. The van der Waals surface area contributed by atoms with Crippen LogP contribution < -0.4 is 11.1 Å². The summed E-state index contributed by atoms with van der Waals surface area (Å²) in [6.07, 6.45) is 0.198. The molecule has 2 atom stereocenters. The molecule has 6 N–H and O–H groups in total. The van der Waals surface area contributed by atoms with Crippen molar-refractivity contribution in [2.45, 2.75) is 18.5 Å². The number of hydrogen-bond acceptors (Lipinski definition) is 5. The van der Waals surface area contributed by atoms with E-state index in [0.717, 1.165) is 5.56 Å². The summed E-state index contributed by atoms with van der Waals surface area (Å²) >= 11 is 0. The van der Waals surface area contributed by atoms with E-state index in [0.29, 0.717) is 0 Å². The van der Waals surface area contributed by atoms with Gasteiger partial charge in [0.05, 0.1) is 12.6 Å². The normalized spacial score (nSPS) is 13.6. The maximum Gasteiger partial charge on any atom is 0.328 e. The van der Waals surface area contributed by atoms with Gasteiger partial charge in [-0.3, -0.25) is 4.79 Å². The fourth-order valence-corrected chi connectivity index (χ4v) is 1.44. The number of nitrogens with one attached hydrogen (secondary N) is 1. The van der Waals surface area contributed by atoms with Crippen molar-refractivity contribution in [3.63, 3.8) is 0 Å². The standard InChI is InChI=1S/C12H16N2O5/c13-9(5-7-1-3-8(16)4-2-7)11(17)14-10(6-15)12(18)19/h1-4,9-10,15-16H,5-6,13H2,(H,14,17)(H,18,19)/t9-,10-/m0/s1. The van der Waals surface area contributed by atoms with Gasteiger partial charge in [-0.1, -0.05) is 12.1 Å². The molecule has 0 saturated carbocycles. The summed E-state index contributed by atoms with van der Waals surface area (Å²) in [5.41, 5.74) is 6.37. The van der Waals surface area contributed by atoms with E-state index in [4.69, 9.17) is 21.1 Å². The van der Waals surface area contributed by atoms with Gasteiger partial charge in [0, 0.05) is 0 Å². The SMILES string of the molecule is N[C@@H](Cc1ccc(O)cc1)C(=O)N[C@@H](CO)C(=O)O. The van der Waals surface area contributed by atoms with E-state index in [1.807, 2.05) is 0 Å². The van der Waals surface area contributed by atoms with Gasteiger partial charge in [-0.25, -0.2) is 4.79 Å². The number of phenols is 1. The summed E-state index contributed by atoms with van der Waals surface area (Å²) in [5, 5.41) is 28.7. The number of phenolic OH excluding ortho intramolecular Hbond substituents is 1. The first-order chi connectivity index (χ1) is 8.93. The van der Waals surface area contributed by atoms with Crippen LogP contribution in [-0.4, -0.2) is 45.9 Å². The highest BCUT2D eigenvalue weighted by Gasteiger charge is 2.22. The summed E-state index contributed by atoms with van der Waals surface area (Å²) in [5.74, 6) is -1.88. The number of aliphatic hydroxyl groups excluding tert-OH is 1. The Morgan fingerprint density at radius 2 is 1.84 bits per heavy atom. The summed E-state index contributed by atoms with van der Waals surface area (Å²) in [7, 11) is 0. The van der Waals surface area contributed by atoms with Gasteiger partial charge in [-0.2, -0.15) is 0 Å². The lowest BCUT2D eigenvalue weighted by molar-refractivity contribution is -0.143. The van der Waals surface area contributed by atoms with Crippen LogP contribution in [0, 0.1) is 0 Å². The number of hydrogen-bond donors (Lipinski definition) is 5. The number of carboxylic acids is 1. The lowest BCUT2D eigenvalue weighted by Crippen LogP contribution is -2.50. The molecule has 0 spiro atoms. The van der Waals surface area contributed by atoms with E-state index in [9.17, 15) is 9.59 Å². The van der Waals surface area contributed by atoms with Gasteiger partial charge in [0.15, 0.2) is 0 Å². The highest BCUT2D eigenvalue weighted by atomic mass is 16.4. The van der Waals surface area contributed by atoms with Gasteiger partial charge in [-0.15, -0.1) is 0 Å². The maximum atomic E-state index is 11.6. The number of rotatable bonds is 6. The molecule has 1 aromatic rings. The van der Waals surface area contributed by atoms with Gasteiger partial charge in [0.25, 0.3) is 0 Å². The minimum absolute atomic E-state index is 0.105. The molecule has 104 valence electrons. The number of carbonyl (C=O) groups excluding carboxylic acids is 1. The van der Waals surface area contributed by atoms with Crippen LogP contribution in [0.4, 0.5) is 0 Å². The Balaban J connectivity index is 2.57. The second-order valence-electron chi connectivity index (χ2n) is 4.06. The second-order valence-corrected chi connectivity index (χ2v) is 4.06. The highest BCUT2D eigenvalue weighted by Crippen LogP contribution is 2.10. The molecular weight excluding hydrogens is 252 g/mol. The molecule has 19 heavy (non-hydrogen) atoms. The minimum Gasteiger partial charge on any atom is -0.508 e. The zero-order valence-corrected chi connectivity index (χ0v) is 10.1. The lowest BCUT2D eigenvalue weighted by atomic mass is 10.1. The maximum absolute atomic E-state index is 11.6. The van der Waals surface area contributed by atoms with E-state index in [1.54, 1.807) is 12.1 Å². The Morgan fingerprint density at radius 1 is 1.26 bits per heavy atom. The van der Waals surface area contributed by atoms with E-state index in [2.05, 4.69) is 5.32 Å². The minimum atomic E-state index is -1.36. The molecule has 0 bridgehead atoms. The van der Waals surface area contributed by atoms with E-state index in [-0.39, 0.29) is 12.2 Å². The Kier molecular flexibility index (Phi) is 5.28. The molecule has 0 radical (unpaired) electrons. The number of nitrogens with two attached hydrogens (primary N) is 1. The zero-order valence-electron chi connectivity index (χ0n) is 10.1. The highest BCUT2D eigenvalue weighted by molar-refractivity contribution is 5.87. The van der Waals surface area contributed by atoms with Gasteiger partial charge in [0.2, 0.25) is 5.91 Å². The zero-order chi connectivity index (χ0) is 14.4. The molecule has 0 saturated heterocycles. The Hall–Kier alpha value is -2.12. The van der Waals surface area contributed by atoms with Gasteiger partial charge >= 0.3 is 5.97 Å². The third kappa shape index (κ3) is 4.57. The van der Waals surface area contributed by atoms with Crippen molar-refractivity contribution in [3.05, 3.63) is 29.8 Å². The van der Waals surface area contributed by atoms with Crippen LogP contribution >= 0.6 is 0 Å². The van der Waals surface area contributed by atoms with Crippen LogP contribution in [0.5, 0.6) is 5.75 Å². The predicted molar refractivity (Wildman–Crippen MR) is 66.4 cm³/mol. The lowest BCUT2D eigenvalue weighted by Gasteiger charge is -2.16. The molecule has 0 unspecified atom stereocenters. The predicted octanol–water partition coefficient (Wildman–Crippen LogP) is -1.18. The first kappa shape index (κ1) is 14.9. The Morgan fingerprint density at radius 3 is 2.32 bits per heavy atom. The monoisotopic (exact) mass is 268 g/mol. The van der Waals surface area contributed by atoms with Crippen molar-refractivity contribution in [1.82, 2.24) is 5.32 Å². The number of aliphatic carboxylic acids is 1. The smallest absolute Gasteiger partial charge is 0.328 e. The number of aromatic hydroxyl groups is 1. The van der Waals surface area contributed by atoms with Crippen LogP contribution in [0.1, 0.15) is 5.56 Å². The summed E-state index contributed by atoms with van der Waals surface area (Å²) in [6.45, 7) is -0.701. The largest absolute Gasteiger partial charge is 0.508 e. The van der Waals surface area contributed by atoms with E-state index in [1.165, 1.54) is 12.1 Å². The first-order valence-corrected chi connectivity index (χ1v) is 5.61. The molecule has 1 rings (SSSR count). The third-order valence-corrected chi connectivity index (χ3v) is 2.53. The van der Waals surface area contributed by atoms with Gasteiger partial charge in [-0.05, 0) is 24.1 Å². The van der Waals surface area contributed by atoms with Crippen LogP contribution in [0.25, 0.3) is 0 Å². The van der Waals surface area contributed by atoms with Crippen LogP contribution in [-0.2, 0) is 16.0 Å². The van der Waals surface area contributed by atoms with E-state index < -0.39 is 30.6 Å². The van der Waals surface area contributed by atoms with E-state index >= 15 is 0 Å². The van der Waals surface area contributed by atoms with Crippen molar-refractivity contribution < 1.29 is 24.9 Å². The molecule has 1 aromatic carbocycles. The number of carboxylic acid groups (broad SMARTS) is 1. The molecule has 0 aliphatic carbocycles. The summed E-state index contributed by atoms with van der Waals surface area (Å²) in [6, 6.07) is 3.87. The average molecular weight is 268 g/mol. The van der Waals surface area contributed by atoms with Crippen molar-refractivity contribution in [2.24, 2.45) is 5.73 Å². The Bertz CT molecular complexity index is 446. The number of benzene rings is 1. The third-order valence-electron chi connectivity index (χ3n) is 2.53. The molecule has 0 aromatic heterocycles. The second kappa shape index (κ2) is 6.72. The molecule has 7 nitrogen and oxygen atoms in total. The molecule has 0 fully saturated rings. The first-order valence-electron chi connectivity index (χ1n) is 5.61. The Labute approximate surface area is 109 Å². The van der Waals surface area contributed by atoms with Gasteiger partial charge < -0.3 is 26.4 Å². The van der Waals surface area contributed by atoms with Crippen LogP contribution in [0.15, 0.2) is 24.3 Å². The molecule has 0 aliphatic rings. The molecule has 1 amide bonds. The molecule has 0 aliphatic heterocycles. The average Bonchev–Trinajstić information content (AvgIpc) is 2.37. The fourth-order valence-electron chi connectivity index (χ4n) is 1.44. The summed E-state index contributed by atoms with van der Waals surface area (Å²) < 4.78 is 0.